The number of aryl methyl sites for hydroxylation is 1. The van der Waals surface area contributed by atoms with Crippen LogP contribution in [0.4, 0.5) is 5.95 Å². The highest BCUT2D eigenvalue weighted by molar-refractivity contribution is 5.95. The number of likely N-dealkylation sites (N-methyl/N-ethyl adjacent to an activating group) is 1. The van der Waals surface area contributed by atoms with Gasteiger partial charge in [0.1, 0.15) is 0 Å². The molecule has 0 aliphatic carbocycles. The largest absolute Gasteiger partial charge is 0.338 e. The van der Waals surface area contributed by atoms with Crippen molar-refractivity contribution in [3.8, 4) is 0 Å². The highest BCUT2D eigenvalue weighted by Gasteiger charge is 2.31. The minimum absolute atomic E-state index is 0.0688. The summed E-state index contributed by atoms with van der Waals surface area (Å²) in [6.07, 6.45) is 2.79. The summed E-state index contributed by atoms with van der Waals surface area (Å²) >= 11 is 0. The lowest BCUT2D eigenvalue weighted by atomic mass is 10.1. The van der Waals surface area contributed by atoms with Gasteiger partial charge in [-0.05, 0) is 34.2 Å². The number of aromatic nitrogens is 2. The first kappa shape index (κ1) is 20.0. The molecule has 0 spiro atoms. The smallest absolute Gasteiger partial charge is 0.257 e. The number of piperazine rings is 2. The lowest BCUT2D eigenvalue weighted by Crippen LogP contribution is -2.56. The summed E-state index contributed by atoms with van der Waals surface area (Å²) in [7, 11) is 2.13. The third-order valence-corrected chi connectivity index (χ3v) is 5.93. The summed E-state index contributed by atoms with van der Waals surface area (Å²) in [5.74, 6) is 0.812. The van der Waals surface area contributed by atoms with Crippen LogP contribution >= 0.6 is 0 Å². The molecule has 150 valence electrons. The number of rotatable bonds is 4. The van der Waals surface area contributed by atoms with Crippen molar-refractivity contribution in [3.05, 3.63) is 17.5 Å². The van der Waals surface area contributed by atoms with Gasteiger partial charge in [-0.1, -0.05) is 6.92 Å². The predicted octanol–water partition coefficient (Wildman–Crippen LogP) is 1.48. The molecular weight excluding hydrogens is 340 g/mol. The average Bonchev–Trinajstić information content (AvgIpc) is 2.67. The molecule has 1 aromatic rings. The van der Waals surface area contributed by atoms with Gasteiger partial charge in [0.25, 0.3) is 5.91 Å². The van der Waals surface area contributed by atoms with E-state index in [-0.39, 0.29) is 5.91 Å². The Morgan fingerprint density at radius 3 is 2.48 bits per heavy atom. The molecule has 7 heteroatoms. The molecule has 3 rings (SSSR count). The Kier molecular flexibility index (Phi) is 6.32. The van der Waals surface area contributed by atoms with Gasteiger partial charge in [0.15, 0.2) is 0 Å². The summed E-state index contributed by atoms with van der Waals surface area (Å²) in [5, 5.41) is 0. The van der Waals surface area contributed by atoms with Crippen LogP contribution in [0.2, 0.25) is 0 Å². The molecule has 2 saturated heterocycles. The Bertz CT molecular complexity index is 656. The van der Waals surface area contributed by atoms with Crippen LogP contribution in [0, 0.1) is 6.92 Å². The van der Waals surface area contributed by atoms with E-state index in [0.717, 1.165) is 63.9 Å². The maximum Gasteiger partial charge on any atom is 0.257 e. The lowest BCUT2D eigenvalue weighted by Gasteiger charge is -2.43. The molecule has 0 bridgehead atoms. The molecule has 2 fully saturated rings. The second-order valence-corrected chi connectivity index (χ2v) is 8.10. The summed E-state index contributed by atoms with van der Waals surface area (Å²) in [5.41, 5.74) is 1.42. The SMILES string of the molecule is CCC1CN(C(=O)c2cnc(N3CCN(C)CC3)nc2C)CCN1C(C)C. The van der Waals surface area contributed by atoms with Crippen LogP contribution in [0.25, 0.3) is 0 Å². The van der Waals surface area contributed by atoms with E-state index in [4.69, 9.17) is 0 Å². The van der Waals surface area contributed by atoms with E-state index in [1.807, 2.05) is 11.8 Å². The minimum Gasteiger partial charge on any atom is -0.338 e. The summed E-state index contributed by atoms with van der Waals surface area (Å²) in [4.78, 5) is 31.3. The first-order chi connectivity index (χ1) is 12.9. The highest BCUT2D eigenvalue weighted by Crippen LogP contribution is 2.20. The van der Waals surface area contributed by atoms with Crippen molar-refractivity contribution in [1.29, 1.82) is 0 Å². The molecule has 1 atom stereocenters. The maximum atomic E-state index is 13.1. The molecule has 0 radical (unpaired) electrons. The molecule has 7 nitrogen and oxygen atoms in total. The molecule has 0 aromatic carbocycles. The van der Waals surface area contributed by atoms with Gasteiger partial charge in [-0.15, -0.1) is 0 Å². The highest BCUT2D eigenvalue weighted by atomic mass is 16.2. The fraction of sp³-hybridized carbons (Fsp3) is 0.750. The third kappa shape index (κ3) is 4.41. The van der Waals surface area contributed by atoms with Gasteiger partial charge in [0, 0.05) is 64.1 Å². The minimum atomic E-state index is 0.0688. The standard InChI is InChI=1S/C20H34N6O/c1-6-17-14-25(11-12-26(17)15(2)3)19(27)18-13-21-20(22-16(18)4)24-9-7-23(5)8-10-24/h13,15,17H,6-12,14H2,1-5H3. The number of nitrogens with zero attached hydrogens (tertiary/aromatic N) is 6. The summed E-state index contributed by atoms with van der Waals surface area (Å²) < 4.78 is 0. The fourth-order valence-corrected chi connectivity index (χ4v) is 4.09. The van der Waals surface area contributed by atoms with Crippen molar-refractivity contribution in [3.63, 3.8) is 0 Å². The third-order valence-electron chi connectivity index (χ3n) is 5.93. The molecule has 1 aromatic heterocycles. The zero-order chi connectivity index (χ0) is 19.6. The van der Waals surface area contributed by atoms with E-state index >= 15 is 0 Å². The van der Waals surface area contributed by atoms with Crippen molar-refractivity contribution in [2.45, 2.75) is 46.2 Å². The zero-order valence-electron chi connectivity index (χ0n) is 17.5. The molecule has 0 N–H and O–H groups in total. The van der Waals surface area contributed by atoms with Crippen molar-refractivity contribution >= 4 is 11.9 Å². The van der Waals surface area contributed by atoms with Crippen molar-refractivity contribution in [2.24, 2.45) is 0 Å². The summed E-state index contributed by atoms with van der Waals surface area (Å²) in [6.45, 7) is 15.0. The Morgan fingerprint density at radius 2 is 1.89 bits per heavy atom. The van der Waals surface area contributed by atoms with Crippen molar-refractivity contribution < 1.29 is 4.79 Å². The Labute approximate surface area is 163 Å². The van der Waals surface area contributed by atoms with Crippen LogP contribution in [0.15, 0.2) is 6.20 Å². The molecule has 3 heterocycles. The van der Waals surface area contributed by atoms with Gasteiger partial charge in [0.05, 0.1) is 11.3 Å². The Morgan fingerprint density at radius 1 is 1.19 bits per heavy atom. The summed E-state index contributed by atoms with van der Waals surface area (Å²) in [6, 6.07) is 0.939. The number of carbonyl (C=O) groups excluding carboxylic acids is 1. The van der Waals surface area contributed by atoms with Crippen LogP contribution in [0.1, 0.15) is 43.2 Å². The lowest BCUT2D eigenvalue weighted by molar-refractivity contribution is 0.0370. The van der Waals surface area contributed by atoms with Gasteiger partial charge in [0.2, 0.25) is 5.95 Å². The fourth-order valence-electron chi connectivity index (χ4n) is 4.09. The second-order valence-electron chi connectivity index (χ2n) is 8.10. The predicted molar refractivity (Wildman–Crippen MR) is 108 cm³/mol. The number of amides is 1. The second kappa shape index (κ2) is 8.52. The van der Waals surface area contributed by atoms with Crippen LogP contribution < -0.4 is 4.90 Å². The van der Waals surface area contributed by atoms with E-state index in [0.29, 0.717) is 17.6 Å². The van der Waals surface area contributed by atoms with Crippen LogP contribution in [0.5, 0.6) is 0 Å². The van der Waals surface area contributed by atoms with Crippen LogP contribution in [-0.4, -0.2) is 95.5 Å². The van der Waals surface area contributed by atoms with Gasteiger partial charge >= 0.3 is 0 Å². The normalized spacial score (nSPS) is 22.5. The van der Waals surface area contributed by atoms with E-state index in [2.05, 4.69) is 52.5 Å². The average molecular weight is 375 g/mol. The molecule has 2 aliphatic rings. The van der Waals surface area contributed by atoms with E-state index in [1.165, 1.54) is 0 Å². The first-order valence-electron chi connectivity index (χ1n) is 10.2. The Balaban J connectivity index is 1.70. The molecular formula is C20H34N6O. The number of hydrogen-bond acceptors (Lipinski definition) is 6. The van der Waals surface area contributed by atoms with Crippen LogP contribution in [-0.2, 0) is 0 Å². The van der Waals surface area contributed by atoms with Gasteiger partial charge in [-0.2, -0.15) is 0 Å². The quantitative estimate of drug-likeness (QED) is 0.796. The van der Waals surface area contributed by atoms with Gasteiger partial charge in [-0.3, -0.25) is 9.69 Å². The van der Waals surface area contributed by atoms with Gasteiger partial charge < -0.3 is 14.7 Å². The van der Waals surface area contributed by atoms with Gasteiger partial charge in [-0.25, -0.2) is 9.97 Å². The molecule has 1 amide bonds. The van der Waals surface area contributed by atoms with Crippen molar-refractivity contribution in [2.75, 3.05) is 57.8 Å². The first-order valence-corrected chi connectivity index (χ1v) is 10.2. The van der Waals surface area contributed by atoms with E-state index in [9.17, 15) is 4.79 Å². The monoisotopic (exact) mass is 374 g/mol. The molecule has 0 saturated carbocycles. The molecule has 1 unspecified atom stereocenters. The zero-order valence-corrected chi connectivity index (χ0v) is 17.5. The molecule has 2 aliphatic heterocycles. The number of anilines is 1. The molecule has 27 heavy (non-hydrogen) atoms. The maximum absolute atomic E-state index is 13.1. The number of hydrogen-bond donors (Lipinski definition) is 0. The topological polar surface area (TPSA) is 55.8 Å². The Hall–Kier alpha value is -1.73. The van der Waals surface area contributed by atoms with E-state index in [1.54, 1.807) is 6.20 Å². The van der Waals surface area contributed by atoms with E-state index < -0.39 is 0 Å². The number of carbonyl (C=O) groups is 1. The van der Waals surface area contributed by atoms with Crippen LogP contribution in [0.3, 0.4) is 0 Å². The van der Waals surface area contributed by atoms with Crippen molar-refractivity contribution in [1.82, 2.24) is 24.7 Å².